The van der Waals surface area contributed by atoms with Crippen LogP contribution in [0.4, 0.5) is 19.3 Å². The summed E-state index contributed by atoms with van der Waals surface area (Å²) in [6.07, 6.45) is 4.32. The number of aromatic nitrogens is 5. The van der Waals surface area contributed by atoms with Gasteiger partial charge in [0.1, 0.15) is 6.33 Å². The van der Waals surface area contributed by atoms with E-state index >= 15 is 0 Å². The van der Waals surface area contributed by atoms with Gasteiger partial charge in [0.15, 0.2) is 17.3 Å². The van der Waals surface area contributed by atoms with Gasteiger partial charge in [-0.1, -0.05) is 0 Å². The van der Waals surface area contributed by atoms with Crippen LogP contribution < -0.4 is 20.1 Å². The van der Waals surface area contributed by atoms with Gasteiger partial charge in [-0.2, -0.15) is 18.6 Å². The number of rotatable bonds is 8. The molecule has 0 saturated carbocycles. The molecule has 1 atom stereocenters. The van der Waals surface area contributed by atoms with Crippen molar-refractivity contribution in [1.29, 1.82) is 0 Å². The third kappa shape index (κ3) is 5.47. The van der Waals surface area contributed by atoms with Crippen molar-refractivity contribution in [2.75, 3.05) is 19.5 Å². The molecule has 0 saturated heterocycles. The zero-order chi connectivity index (χ0) is 24.0. The first-order valence-corrected chi connectivity index (χ1v) is 9.34. The first-order valence-electron chi connectivity index (χ1n) is 9.34. The van der Waals surface area contributed by atoms with E-state index in [0.717, 1.165) is 19.2 Å². The molecule has 0 bridgehead atoms. The Kier molecular flexibility index (Phi) is 7.27. The molecule has 33 heavy (non-hydrogen) atoms. The number of esters is 1. The maximum Gasteiger partial charge on any atom is 0.387 e. The monoisotopic (exact) mass is 463 g/mol. The van der Waals surface area contributed by atoms with E-state index < -0.39 is 24.7 Å². The van der Waals surface area contributed by atoms with E-state index in [9.17, 15) is 18.4 Å². The van der Waals surface area contributed by atoms with Crippen LogP contribution in [0.25, 0.3) is 5.95 Å². The average molecular weight is 463 g/mol. The molecule has 2 heterocycles. The molecule has 0 unspecified atom stereocenters. The highest BCUT2D eigenvalue weighted by molar-refractivity contribution is 6.01. The molecule has 2 aromatic heterocycles. The number of hydrogen-bond acceptors (Lipinski definition) is 9. The molecule has 174 valence electrons. The third-order valence-electron chi connectivity index (χ3n) is 4.22. The van der Waals surface area contributed by atoms with Crippen LogP contribution in [0.2, 0.25) is 0 Å². The average Bonchev–Trinajstić information content (AvgIpc) is 3.29. The zero-order valence-corrected chi connectivity index (χ0v) is 17.7. The first kappa shape index (κ1) is 23.3. The fourth-order valence-electron chi connectivity index (χ4n) is 2.81. The van der Waals surface area contributed by atoms with E-state index in [4.69, 9.17) is 9.47 Å². The number of amides is 2. The normalized spacial score (nSPS) is 11.6. The largest absolute Gasteiger partial charge is 0.493 e. The SMILES string of the molecule is COC(=O)c1cc(OC)c(OC(F)F)cc1NC(=O)N[C@@H](C)c1ncnn1-c1ncccn1. The molecule has 12 nitrogen and oxygen atoms in total. The van der Waals surface area contributed by atoms with Gasteiger partial charge in [0.25, 0.3) is 5.95 Å². The molecule has 2 amide bonds. The van der Waals surface area contributed by atoms with Gasteiger partial charge in [-0.15, -0.1) is 0 Å². The summed E-state index contributed by atoms with van der Waals surface area (Å²) in [6, 6.07) is 2.32. The Morgan fingerprint density at radius 1 is 1.09 bits per heavy atom. The molecule has 14 heteroatoms. The highest BCUT2D eigenvalue weighted by Gasteiger charge is 2.23. The van der Waals surface area contributed by atoms with Crippen molar-refractivity contribution in [2.45, 2.75) is 19.6 Å². The number of methoxy groups -OCH3 is 2. The quantitative estimate of drug-likeness (QED) is 0.481. The van der Waals surface area contributed by atoms with Crippen molar-refractivity contribution in [1.82, 2.24) is 30.0 Å². The number of urea groups is 1. The summed E-state index contributed by atoms with van der Waals surface area (Å²) in [4.78, 5) is 37.1. The Hall–Kier alpha value is -4.36. The third-order valence-corrected chi connectivity index (χ3v) is 4.22. The molecule has 2 N–H and O–H groups in total. The second kappa shape index (κ2) is 10.3. The standard InChI is InChI=1S/C19H19F2N7O5/c1-10(15-24-9-25-28(15)18-22-5-4-6-23-18)26-19(30)27-12-8-14(33-17(20)21)13(31-2)7-11(12)16(29)32-3/h4-10,17H,1-3H3,(H2,26,27,30)/t10-/m0/s1. The number of carbonyl (C=O) groups is 2. The van der Waals surface area contributed by atoms with E-state index in [2.05, 4.69) is 35.4 Å². The van der Waals surface area contributed by atoms with Crippen molar-refractivity contribution in [3.8, 4) is 17.4 Å². The molecule has 0 radical (unpaired) electrons. The van der Waals surface area contributed by atoms with Gasteiger partial charge in [-0.25, -0.2) is 24.5 Å². The summed E-state index contributed by atoms with van der Waals surface area (Å²) in [5, 5.41) is 9.09. The molecule has 0 aliphatic carbocycles. The Labute approximate surface area is 185 Å². The number of alkyl halides is 2. The zero-order valence-electron chi connectivity index (χ0n) is 17.7. The van der Waals surface area contributed by atoms with Crippen LogP contribution in [0.3, 0.4) is 0 Å². The number of hydrogen-bond donors (Lipinski definition) is 2. The number of carbonyl (C=O) groups excluding carboxylic acids is 2. The maximum atomic E-state index is 12.8. The van der Waals surface area contributed by atoms with E-state index in [0.29, 0.717) is 5.82 Å². The van der Waals surface area contributed by atoms with Gasteiger partial charge in [0, 0.05) is 24.5 Å². The van der Waals surface area contributed by atoms with Crippen molar-refractivity contribution < 1.29 is 32.6 Å². The van der Waals surface area contributed by atoms with Gasteiger partial charge >= 0.3 is 18.6 Å². The van der Waals surface area contributed by atoms with Gasteiger partial charge in [-0.05, 0) is 13.0 Å². The number of anilines is 1. The number of halogens is 2. The summed E-state index contributed by atoms with van der Waals surface area (Å²) in [5.74, 6) is -0.798. The lowest BCUT2D eigenvalue weighted by Gasteiger charge is -2.17. The Bertz CT molecular complexity index is 1130. The van der Waals surface area contributed by atoms with Gasteiger partial charge in [0.2, 0.25) is 0 Å². The summed E-state index contributed by atoms with van der Waals surface area (Å²) in [6.45, 7) is -1.53. The minimum absolute atomic E-state index is 0.139. The fourth-order valence-corrected chi connectivity index (χ4v) is 2.81. The number of benzene rings is 1. The fraction of sp³-hybridized carbons (Fsp3) is 0.263. The minimum atomic E-state index is -3.16. The van der Waals surface area contributed by atoms with Crippen molar-refractivity contribution in [2.24, 2.45) is 0 Å². The van der Waals surface area contributed by atoms with Gasteiger partial charge < -0.3 is 24.8 Å². The highest BCUT2D eigenvalue weighted by atomic mass is 19.3. The van der Waals surface area contributed by atoms with Crippen LogP contribution in [0.15, 0.2) is 36.9 Å². The Balaban J connectivity index is 1.84. The minimum Gasteiger partial charge on any atom is -0.493 e. The van der Waals surface area contributed by atoms with Crippen molar-refractivity contribution >= 4 is 17.7 Å². The molecular formula is C19H19F2N7O5. The Morgan fingerprint density at radius 3 is 2.45 bits per heavy atom. The molecule has 3 aromatic rings. The molecule has 0 spiro atoms. The van der Waals surface area contributed by atoms with E-state index in [-0.39, 0.29) is 28.7 Å². The lowest BCUT2D eigenvalue weighted by Crippen LogP contribution is -2.33. The number of nitrogens with zero attached hydrogens (tertiary/aromatic N) is 5. The molecule has 3 rings (SSSR count). The lowest BCUT2D eigenvalue weighted by molar-refractivity contribution is -0.0511. The molecule has 0 fully saturated rings. The summed E-state index contributed by atoms with van der Waals surface area (Å²) in [5.41, 5.74) is -0.282. The van der Waals surface area contributed by atoms with E-state index in [1.54, 1.807) is 13.0 Å². The van der Waals surface area contributed by atoms with E-state index in [1.807, 2.05) is 0 Å². The molecular weight excluding hydrogens is 444 g/mol. The van der Waals surface area contributed by atoms with Gasteiger partial charge in [0.05, 0.1) is 31.5 Å². The number of ether oxygens (including phenoxy) is 3. The lowest BCUT2D eigenvalue weighted by atomic mass is 10.1. The topological polar surface area (TPSA) is 142 Å². The predicted octanol–water partition coefficient (Wildman–Crippen LogP) is 2.34. The van der Waals surface area contributed by atoms with Crippen LogP contribution in [0.1, 0.15) is 29.1 Å². The predicted molar refractivity (Wildman–Crippen MR) is 108 cm³/mol. The second-order valence-electron chi connectivity index (χ2n) is 6.32. The second-order valence-corrected chi connectivity index (χ2v) is 6.32. The molecule has 0 aliphatic heterocycles. The van der Waals surface area contributed by atoms with Crippen LogP contribution >= 0.6 is 0 Å². The summed E-state index contributed by atoms with van der Waals surface area (Å²) >= 11 is 0. The van der Waals surface area contributed by atoms with Crippen molar-refractivity contribution in [3.05, 3.63) is 48.3 Å². The summed E-state index contributed by atoms with van der Waals surface area (Å²) < 4.78 is 41.0. The number of nitrogens with one attached hydrogen (secondary N) is 2. The van der Waals surface area contributed by atoms with Crippen LogP contribution in [-0.2, 0) is 4.74 Å². The smallest absolute Gasteiger partial charge is 0.387 e. The molecule has 0 aliphatic rings. The first-order chi connectivity index (χ1) is 15.8. The molecule has 1 aromatic carbocycles. The maximum absolute atomic E-state index is 12.8. The van der Waals surface area contributed by atoms with Crippen molar-refractivity contribution in [3.63, 3.8) is 0 Å². The summed E-state index contributed by atoms with van der Waals surface area (Å²) in [7, 11) is 2.34. The highest BCUT2D eigenvalue weighted by Crippen LogP contribution is 2.35. The Morgan fingerprint density at radius 2 is 1.82 bits per heavy atom. The van der Waals surface area contributed by atoms with E-state index in [1.165, 1.54) is 30.5 Å². The van der Waals surface area contributed by atoms with Crippen LogP contribution in [0, 0.1) is 0 Å². The van der Waals surface area contributed by atoms with Crippen LogP contribution in [0.5, 0.6) is 11.5 Å². The van der Waals surface area contributed by atoms with Crippen LogP contribution in [-0.4, -0.2) is 57.6 Å². The van der Waals surface area contributed by atoms with Gasteiger partial charge in [-0.3, -0.25) is 0 Å².